The van der Waals surface area contributed by atoms with Crippen LogP contribution < -0.4 is 20.3 Å². The first kappa shape index (κ1) is 22.6. The molecule has 1 aromatic heterocycles. The zero-order valence-corrected chi connectivity index (χ0v) is 19.7. The fourth-order valence-electron chi connectivity index (χ4n) is 3.75. The maximum Gasteiger partial charge on any atom is 0.191 e. The third-order valence-electron chi connectivity index (χ3n) is 5.31. The van der Waals surface area contributed by atoms with Crippen LogP contribution in [0.3, 0.4) is 0 Å². The number of aliphatic imine (C=N–C) groups is 1. The van der Waals surface area contributed by atoms with E-state index in [1.165, 1.54) is 11.1 Å². The van der Waals surface area contributed by atoms with Crippen LogP contribution in [-0.2, 0) is 24.1 Å². The van der Waals surface area contributed by atoms with E-state index in [0.717, 1.165) is 75.4 Å². The van der Waals surface area contributed by atoms with Crippen LogP contribution in [0.4, 0.5) is 5.82 Å². The predicted octanol–water partition coefficient (Wildman–Crippen LogP) is 2.38. The lowest BCUT2D eigenvalue weighted by Crippen LogP contribution is -2.40. The normalized spacial score (nSPS) is 15.8. The molecular weight excluding hydrogens is 493 g/mol. The molecule has 1 aromatic carbocycles. The Kier molecular flexibility index (Phi) is 8.56. The van der Waals surface area contributed by atoms with Gasteiger partial charge in [0.1, 0.15) is 11.6 Å². The second kappa shape index (κ2) is 11.4. The Labute approximate surface area is 195 Å². The van der Waals surface area contributed by atoms with Gasteiger partial charge in [-0.25, -0.2) is 4.98 Å². The molecule has 2 N–H and O–H groups in total. The third-order valence-corrected chi connectivity index (χ3v) is 5.31. The molecule has 0 saturated carbocycles. The number of aromatic nitrogens is 1. The Morgan fingerprint density at radius 2 is 2.03 bits per heavy atom. The molecule has 8 heteroatoms. The summed E-state index contributed by atoms with van der Waals surface area (Å²) in [7, 11) is 1.80. The summed E-state index contributed by atoms with van der Waals surface area (Å²) in [6.45, 7) is 5.56. The van der Waals surface area contributed by atoms with Crippen molar-refractivity contribution in [2.24, 2.45) is 4.99 Å². The van der Waals surface area contributed by atoms with Gasteiger partial charge in [-0.3, -0.25) is 4.99 Å². The summed E-state index contributed by atoms with van der Waals surface area (Å²) in [6.07, 6.45) is 3.80. The molecule has 0 unspecified atom stereocenters. The van der Waals surface area contributed by atoms with Crippen molar-refractivity contribution < 1.29 is 9.47 Å². The van der Waals surface area contributed by atoms with Crippen LogP contribution in [0.5, 0.6) is 5.75 Å². The minimum absolute atomic E-state index is 0. The molecule has 2 aliphatic rings. The second-order valence-electron chi connectivity index (χ2n) is 7.23. The summed E-state index contributed by atoms with van der Waals surface area (Å²) in [4.78, 5) is 11.2. The summed E-state index contributed by atoms with van der Waals surface area (Å²) in [5.41, 5.74) is 3.80. The van der Waals surface area contributed by atoms with E-state index >= 15 is 0 Å². The monoisotopic (exact) mass is 523 g/mol. The van der Waals surface area contributed by atoms with Gasteiger partial charge < -0.3 is 25.0 Å². The van der Waals surface area contributed by atoms with Crippen molar-refractivity contribution >= 4 is 35.8 Å². The first-order valence-corrected chi connectivity index (χ1v) is 10.3. The van der Waals surface area contributed by atoms with E-state index in [9.17, 15) is 0 Å². The van der Waals surface area contributed by atoms with Crippen molar-refractivity contribution in [3.05, 3.63) is 53.2 Å². The molecule has 1 fully saturated rings. The van der Waals surface area contributed by atoms with Gasteiger partial charge in [0.15, 0.2) is 5.96 Å². The highest BCUT2D eigenvalue weighted by Gasteiger charge is 2.16. The molecule has 0 aliphatic carbocycles. The molecule has 162 valence electrons. The largest absolute Gasteiger partial charge is 0.493 e. The summed E-state index contributed by atoms with van der Waals surface area (Å²) >= 11 is 0. The number of pyridine rings is 1. The lowest BCUT2D eigenvalue weighted by Gasteiger charge is -2.29. The van der Waals surface area contributed by atoms with E-state index < -0.39 is 0 Å². The molecule has 7 nitrogen and oxygen atoms in total. The van der Waals surface area contributed by atoms with Crippen LogP contribution >= 0.6 is 24.0 Å². The zero-order chi connectivity index (χ0) is 19.9. The molecular formula is C22H30IN5O2. The number of anilines is 1. The number of halogens is 1. The van der Waals surface area contributed by atoms with Crippen molar-refractivity contribution in [2.75, 3.05) is 51.4 Å². The predicted molar refractivity (Wildman–Crippen MR) is 130 cm³/mol. The van der Waals surface area contributed by atoms with Crippen LogP contribution in [0.1, 0.15) is 16.7 Å². The number of benzene rings is 1. The molecule has 3 heterocycles. The van der Waals surface area contributed by atoms with Gasteiger partial charge in [-0.05, 0) is 29.7 Å². The van der Waals surface area contributed by atoms with Crippen molar-refractivity contribution in [1.82, 2.24) is 15.6 Å². The molecule has 0 atom stereocenters. The Morgan fingerprint density at radius 3 is 2.87 bits per heavy atom. The number of ether oxygens (including phenoxy) is 2. The van der Waals surface area contributed by atoms with Crippen molar-refractivity contribution in [3.8, 4) is 5.75 Å². The van der Waals surface area contributed by atoms with E-state index in [0.29, 0.717) is 6.54 Å². The van der Waals surface area contributed by atoms with Crippen LogP contribution in [0.25, 0.3) is 0 Å². The number of hydrogen-bond acceptors (Lipinski definition) is 5. The minimum Gasteiger partial charge on any atom is -0.493 e. The summed E-state index contributed by atoms with van der Waals surface area (Å²) in [5.74, 6) is 2.86. The Bertz CT molecular complexity index is 855. The number of hydrogen-bond donors (Lipinski definition) is 2. The number of nitrogens with zero attached hydrogens (tertiary/aromatic N) is 3. The fraction of sp³-hybridized carbons (Fsp3) is 0.455. The standard InChI is InChI=1S/C22H29N5O2.HI/c1-23-22(25-9-6-17-4-5-20-18(15-17)7-12-29-20)26-16-19-3-2-8-24-21(19)27-10-13-28-14-11-27;/h2-5,8,15H,6-7,9-14,16H2,1H3,(H2,23,25,26);1H. The Hall–Kier alpha value is -2.07. The van der Waals surface area contributed by atoms with E-state index in [2.05, 4.69) is 49.8 Å². The highest BCUT2D eigenvalue weighted by atomic mass is 127. The van der Waals surface area contributed by atoms with Crippen LogP contribution in [0.2, 0.25) is 0 Å². The van der Waals surface area contributed by atoms with Crippen LogP contribution in [0, 0.1) is 0 Å². The Morgan fingerprint density at radius 1 is 1.17 bits per heavy atom. The highest BCUT2D eigenvalue weighted by molar-refractivity contribution is 14.0. The van der Waals surface area contributed by atoms with Gasteiger partial charge in [0.25, 0.3) is 0 Å². The molecule has 2 aromatic rings. The van der Waals surface area contributed by atoms with Crippen molar-refractivity contribution in [2.45, 2.75) is 19.4 Å². The number of guanidine groups is 1. The summed E-state index contributed by atoms with van der Waals surface area (Å²) in [6, 6.07) is 10.6. The lowest BCUT2D eigenvalue weighted by molar-refractivity contribution is 0.122. The first-order chi connectivity index (χ1) is 14.3. The number of morpholine rings is 1. The SMILES string of the molecule is CN=C(NCCc1ccc2c(c1)CCO2)NCc1cccnc1N1CCOCC1.I. The van der Waals surface area contributed by atoms with Gasteiger partial charge in [-0.1, -0.05) is 18.2 Å². The van der Waals surface area contributed by atoms with Gasteiger partial charge in [-0.15, -0.1) is 24.0 Å². The third kappa shape index (κ3) is 5.75. The van der Waals surface area contributed by atoms with Crippen LogP contribution in [0.15, 0.2) is 41.5 Å². The van der Waals surface area contributed by atoms with Gasteiger partial charge in [0.05, 0.1) is 19.8 Å². The molecule has 0 radical (unpaired) electrons. The zero-order valence-electron chi connectivity index (χ0n) is 17.4. The van der Waals surface area contributed by atoms with Crippen molar-refractivity contribution in [3.63, 3.8) is 0 Å². The minimum atomic E-state index is 0. The molecule has 4 rings (SSSR count). The number of fused-ring (bicyclic) bond motifs is 1. The maximum atomic E-state index is 5.58. The topological polar surface area (TPSA) is 71.0 Å². The van der Waals surface area contributed by atoms with Gasteiger partial charge in [0, 0.05) is 51.4 Å². The van der Waals surface area contributed by atoms with E-state index in [-0.39, 0.29) is 24.0 Å². The molecule has 0 amide bonds. The van der Waals surface area contributed by atoms with Gasteiger partial charge in [-0.2, -0.15) is 0 Å². The first-order valence-electron chi connectivity index (χ1n) is 10.3. The van der Waals surface area contributed by atoms with Gasteiger partial charge in [0.2, 0.25) is 0 Å². The second-order valence-corrected chi connectivity index (χ2v) is 7.23. The van der Waals surface area contributed by atoms with Crippen molar-refractivity contribution in [1.29, 1.82) is 0 Å². The van der Waals surface area contributed by atoms with Crippen LogP contribution in [-0.4, -0.2) is 57.4 Å². The number of nitrogens with one attached hydrogen (secondary N) is 2. The molecule has 1 saturated heterocycles. The molecule has 30 heavy (non-hydrogen) atoms. The highest BCUT2D eigenvalue weighted by Crippen LogP contribution is 2.25. The summed E-state index contributed by atoms with van der Waals surface area (Å²) < 4.78 is 11.0. The fourth-order valence-corrected chi connectivity index (χ4v) is 3.75. The lowest BCUT2D eigenvalue weighted by atomic mass is 10.1. The Balaban J connectivity index is 0.00000256. The molecule has 0 bridgehead atoms. The number of rotatable bonds is 6. The summed E-state index contributed by atoms with van der Waals surface area (Å²) in [5, 5.41) is 6.82. The smallest absolute Gasteiger partial charge is 0.191 e. The molecule has 2 aliphatic heterocycles. The molecule has 0 spiro atoms. The maximum absolute atomic E-state index is 5.58. The van der Waals surface area contributed by atoms with E-state index in [1.807, 2.05) is 12.3 Å². The average Bonchev–Trinajstić information content (AvgIpc) is 3.25. The van der Waals surface area contributed by atoms with E-state index in [4.69, 9.17) is 9.47 Å². The van der Waals surface area contributed by atoms with Gasteiger partial charge >= 0.3 is 0 Å². The quantitative estimate of drug-likeness (QED) is 0.345. The average molecular weight is 523 g/mol. The van der Waals surface area contributed by atoms with E-state index in [1.54, 1.807) is 7.05 Å².